The highest BCUT2D eigenvalue weighted by Crippen LogP contribution is 2.22. The van der Waals surface area contributed by atoms with Crippen molar-refractivity contribution < 1.29 is 13.6 Å². The molecule has 0 aliphatic rings. The molecule has 136 valence electrons. The minimum Gasteiger partial charge on any atom is -0.444 e. The maximum atomic E-state index is 12.1. The van der Waals surface area contributed by atoms with E-state index in [4.69, 9.17) is 8.83 Å². The average molecular weight is 425 g/mol. The third-order valence-corrected chi connectivity index (χ3v) is 4.84. The van der Waals surface area contributed by atoms with E-state index in [0.717, 1.165) is 16.7 Å². The van der Waals surface area contributed by atoms with Crippen LogP contribution >= 0.6 is 15.9 Å². The Morgan fingerprint density at radius 1 is 1.04 bits per heavy atom. The number of oxazole rings is 1. The number of benzene rings is 2. The van der Waals surface area contributed by atoms with Gasteiger partial charge in [-0.15, -0.1) is 0 Å². The second-order valence-electron chi connectivity index (χ2n) is 6.44. The first-order valence-electron chi connectivity index (χ1n) is 8.50. The molecule has 0 saturated heterocycles. The number of nitrogens with one attached hydrogen (secondary N) is 1. The van der Waals surface area contributed by atoms with Crippen LogP contribution in [-0.4, -0.2) is 10.9 Å². The molecule has 2 heterocycles. The zero-order valence-electron chi connectivity index (χ0n) is 14.9. The van der Waals surface area contributed by atoms with Crippen LogP contribution in [0.25, 0.3) is 11.1 Å². The van der Waals surface area contributed by atoms with Gasteiger partial charge in [-0.3, -0.25) is 4.79 Å². The predicted octanol–water partition coefficient (Wildman–Crippen LogP) is 5.64. The molecule has 0 unspecified atom stereocenters. The summed E-state index contributed by atoms with van der Waals surface area (Å²) in [6.07, 6.45) is 0.589. The second-order valence-corrected chi connectivity index (χ2v) is 7.22. The van der Waals surface area contributed by atoms with E-state index in [1.54, 1.807) is 12.1 Å². The van der Waals surface area contributed by atoms with Crippen molar-refractivity contribution in [1.29, 1.82) is 0 Å². The summed E-state index contributed by atoms with van der Waals surface area (Å²) < 4.78 is 11.6. The third kappa shape index (κ3) is 3.80. The summed E-state index contributed by atoms with van der Waals surface area (Å²) in [4.78, 5) is 16.7. The van der Waals surface area contributed by atoms with Gasteiger partial charge in [0.1, 0.15) is 5.52 Å². The second kappa shape index (κ2) is 7.04. The maximum Gasteiger partial charge on any atom is 0.291 e. The Bertz CT molecular complexity index is 1090. The van der Waals surface area contributed by atoms with Crippen molar-refractivity contribution in [2.45, 2.75) is 20.3 Å². The number of carbonyl (C=O) groups is 1. The number of rotatable bonds is 4. The monoisotopic (exact) mass is 424 g/mol. The molecule has 0 spiro atoms. The van der Waals surface area contributed by atoms with Crippen LogP contribution in [0.4, 0.5) is 5.69 Å². The summed E-state index contributed by atoms with van der Waals surface area (Å²) in [6, 6.07) is 14.9. The molecule has 0 radical (unpaired) electrons. The SMILES string of the molecule is Cc1cc2nc(Cc3ccc(NC(=O)c4ccc(Br)o4)cc3)oc2cc1C. The molecule has 1 amide bonds. The van der Waals surface area contributed by atoms with Crippen molar-refractivity contribution in [3.05, 3.63) is 81.5 Å². The van der Waals surface area contributed by atoms with Gasteiger partial charge in [-0.1, -0.05) is 12.1 Å². The Labute approximate surface area is 164 Å². The van der Waals surface area contributed by atoms with Gasteiger partial charge in [0.2, 0.25) is 0 Å². The number of fused-ring (bicyclic) bond motifs is 1. The molecule has 0 saturated carbocycles. The molecule has 27 heavy (non-hydrogen) atoms. The van der Waals surface area contributed by atoms with Crippen LogP contribution in [0.1, 0.15) is 33.1 Å². The molecule has 0 bridgehead atoms. The lowest BCUT2D eigenvalue weighted by Gasteiger charge is -2.04. The van der Waals surface area contributed by atoms with Crippen molar-refractivity contribution in [2.24, 2.45) is 0 Å². The quantitative estimate of drug-likeness (QED) is 0.459. The van der Waals surface area contributed by atoms with Crippen LogP contribution in [0.5, 0.6) is 0 Å². The number of aryl methyl sites for hydroxylation is 2. The fourth-order valence-corrected chi connectivity index (χ4v) is 3.12. The summed E-state index contributed by atoms with van der Waals surface area (Å²) in [5, 5.41) is 2.80. The van der Waals surface area contributed by atoms with Crippen LogP contribution in [0, 0.1) is 13.8 Å². The highest BCUT2D eigenvalue weighted by atomic mass is 79.9. The van der Waals surface area contributed by atoms with Crippen LogP contribution in [0.15, 0.2) is 62.0 Å². The molecule has 0 aliphatic carbocycles. The van der Waals surface area contributed by atoms with Crippen LogP contribution < -0.4 is 5.32 Å². The molecule has 5 nitrogen and oxygen atoms in total. The molecule has 1 N–H and O–H groups in total. The molecule has 4 rings (SSSR count). The lowest BCUT2D eigenvalue weighted by Crippen LogP contribution is -2.10. The number of hydrogen-bond donors (Lipinski definition) is 1. The van der Waals surface area contributed by atoms with Crippen LogP contribution in [0.2, 0.25) is 0 Å². The Morgan fingerprint density at radius 3 is 2.48 bits per heavy atom. The summed E-state index contributed by atoms with van der Waals surface area (Å²) >= 11 is 3.19. The maximum absolute atomic E-state index is 12.1. The van der Waals surface area contributed by atoms with Crippen LogP contribution in [-0.2, 0) is 6.42 Å². The number of aromatic nitrogens is 1. The lowest BCUT2D eigenvalue weighted by atomic mass is 10.1. The number of furan rings is 1. The zero-order valence-corrected chi connectivity index (χ0v) is 16.5. The van der Waals surface area contributed by atoms with E-state index in [0.29, 0.717) is 22.7 Å². The van der Waals surface area contributed by atoms with Crippen LogP contribution in [0.3, 0.4) is 0 Å². The average Bonchev–Trinajstić information content (AvgIpc) is 3.23. The van der Waals surface area contributed by atoms with Gasteiger partial charge in [0.15, 0.2) is 21.9 Å². The predicted molar refractivity (Wildman–Crippen MR) is 107 cm³/mol. The molecule has 2 aromatic heterocycles. The van der Waals surface area contributed by atoms with Gasteiger partial charge in [0, 0.05) is 12.1 Å². The molecule has 4 aromatic rings. The molecule has 6 heteroatoms. The largest absolute Gasteiger partial charge is 0.444 e. The highest BCUT2D eigenvalue weighted by Gasteiger charge is 2.11. The molecule has 2 aromatic carbocycles. The fraction of sp³-hybridized carbons (Fsp3) is 0.143. The first-order chi connectivity index (χ1) is 13.0. The van der Waals surface area contributed by atoms with Crippen molar-refractivity contribution in [3.8, 4) is 0 Å². The van der Waals surface area contributed by atoms with Gasteiger partial charge in [0.25, 0.3) is 5.91 Å². The van der Waals surface area contributed by atoms with E-state index < -0.39 is 0 Å². The number of nitrogens with zero attached hydrogens (tertiary/aromatic N) is 1. The van der Waals surface area contributed by atoms with Gasteiger partial charge in [0.05, 0.1) is 0 Å². The Morgan fingerprint density at radius 2 is 1.78 bits per heavy atom. The van der Waals surface area contributed by atoms with Gasteiger partial charge in [-0.05, 0) is 82.9 Å². The smallest absolute Gasteiger partial charge is 0.291 e. The Kier molecular flexibility index (Phi) is 4.58. The van der Waals surface area contributed by atoms with E-state index in [1.165, 1.54) is 11.1 Å². The van der Waals surface area contributed by atoms with E-state index in [1.807, 2.05) is 36.4 Å². The number of anilines is 1. The van der Waals surface area contributed by atoms with Gasteiger partial charge in [-0.25, -0.2) is 4.98 Å². The summed E-state index contributed by atoms with van der Waals surface area (Å²) in [7, 11) is 0. The van der Waals surface area contributed by atoms with Gasteiger partial charge >= 0.3 is 0 Å². The first kappa shape index (κ1) is 17.5. The normalized spacial score (nSPS) is 11.1. The Hall–Kier alpha value is -2.86. The first-order valence-corrected chi connectivity index (χ1v) is 9.29. The van der Waals surface area contributed by atoms with E-state index in [-0.39, 0.29) is 11.7 Å². The van der Waals surface area contributed by atoms with Crippen molar-refractivity contribution in [3.63, 3.8) is 0 Å². The van der Waals surface area contributed by atoms with Crippen molar-refractivity contribution in [2.75, 3.05) is 5.32 Å². The van der Waals surface area contributed by atoms with Crippen molar-refractivity contribution in [1.82, 2.24) is 4.98 Å². The standard InChI is InChI=1S/C21H17BrN2O3/c1-12-9-16-18(10-13(12)2)27-20(24-16)11-14-3-5-15(6-4-14)23-21(25)17-7-8-19(22)26-17/h3-10H,11H2,1-2H3,(H,23,25). The summed E-state index contributed by atoms with van der Waals surface area (Å²) in [5.74, 6) is 0.633. The zero-order chi connectivity index (χ0) is 19.0. The number of hydrogen-bond acceptors (Lipinski definition) is 4. The van der Waals surface area contributed by atoms with E-state index in [9.17, 15) is 4.79 Å². The summed E-state index contributed by atoms with van der Waals surface area (Å²) in [6.45, 7) is 4.13. The van der Waals surface area contributed by atoms with Gasteiger partial charge < -0.3 is 14.2 Å². The minimum atomic E-state index is -0.293. The number of halogens is 1. The lowest BCUT2D eigenvalue weighted by molar-refractivity contribution is 0.0995. The molecule has 0 atom stereocenters. The number of amides is 1. The summed E-state index contributed by atoms with van der Waals surface area (Å²) in [5.41, 5.74) is 5.82. The fourth-order valence-electron chi connectivity index (χ4n) is 2.81. The molecule has 0 fully saturated rings. The van der Waals surface area contributed by atoms with E-state index >= 15 is 0 Å². The van der Waals surface area contributed by atoms with Crippen molar-refractivity contribution >= 4 is 38.6 Å². The van der Waals surface area contributed by atoms with Gasteiger partial charge in [-0.2, -0.15) is 0 Å². The van der Waals surface area contributed by atoms with E-state index in [2.05, 4.69) is 40.1 Å². The molecular weight excluding hydrogens is 408 g/mol. The molecule has 0 aliphatic heterocycles. The third-order valence-electron chi connectivity index (χ3n) is 4.41. The minimum absolute atomic E-state index is 0.253. The number of carbonyl (C=O) groups excluding carboxylic acids is 1. The Balaban J connectivity index is 1.47. The topological polar surface area (TPSA) is 68.3 Å². The highest BCUT2D eigenvalue weighted by molar-refractivity contribution is 9.10. The molecular formula is C21H17BrN2O3.